The van der Waals surface area contributed by atoms with E-state index < -0.39 is 0 Å². The Bertz CT molecular complexity index is 956. The van der Waals surface area contributed by atoms with Gasteiger partial charge in [-0.2, -0.15) is 0 Å². The first-order chi connectivity index (χ1) is 15.4. The van der Waals surface area contributed by atoms with Crippen LogP contribution in [0.2, 0.25) is 10.0 Å². The number of hydrogen-bond donors (Lipinski definition) is 1. The fraction of sp³-hybridized carbons (Fsp3) is 0.480. The van der Waals surface area contributed by atoms with Gasteiger partial charge < -0.3 is 15.0 Å². The molecule has 2 fully saturated rings. The number of benzene rings is 2. The van der Waals surface area contributed by atoms with E-state index in [4.69, 9.17) is 27.9 Å². The first-order valence-corrected chi connectivity index (χ1v) is 12.1. The summed E-state index contributed by atoms with van der Waals surface area (Å²) in [6.07, 6.45) is 4.51. The van der Waals surface area contributed by atoms with Gasteiger partial charge in [0.1, 0.15) is 5.75 Å². The summed E-state index contributed by atoms with van der Waals surface area (Å²) in [5.74, 6) is 1.19. The zero-order chi connectivity index (χ0) is 22.7. The second kappa shape index (κ2) is 10.3. The van der Waals surface area contributed by atoms with E-state index in [0.717, 1.165) is 60.1 Å². The van der Waals surface area contributed by atoms with Crippen molar-refractivity contribution in [3.63, 3.8) is 0 Å². The van der Waals surface area contributed by atoms with Crippen LogP contribution < -0.4 is 10.1 Å². The summed E-state index contributed by atoms with van der Waals surface area (Å²) in [4.78, 5) is 16.7. The Morgan fingerprint density at radius 3 is 2.62 bits per heavy atom. The van der Waals surface area contributed by atoms with Crippen LogP contribution in [0.25, 0.3) is 0 Å². The average Bonchev–Trinajstić information content (AvgIpc) is 3.25. The summed E-state index contributed by atoms with van der Waals surface area (Å²) in [5.41, 5.74) is 2.75. The van der Waals surface area contributed by atoms with Crippen molar-refractivity contribution in [1.82, 2.24) is 9.80 Å². The zero-order valence-electron chi connectivity index (χ0n) is 18.7. The molecule has 1 aliphatic carbocycles. The number of anilines is 1. The number of amides is 2. The highest BCUT2D eigenvalue weighted by atomic mass is 35.5. The zero-order valence-corrected chi connectivity index (χ0v) is 20.3. The topological polar surface area (TPSA) is 44.8 Å². The molecule has 32 heavy (non-hydrogen) atoms. The molecule has 2 amide bonds. The molecule has 0 bridgehead atoms. The number of halogens is 2. The van der Waals surface area contributed by atoms with E-state index in [1.807, 2.05) is 44.3 Å². The van der Waals surface area contributed by atoms with Gasteiger partial charge >= 0.3 is 6.03 Å². The molecule has 0 atom stereocenters. The number of hydrogen-bond acceptors (Lipinski definition) is 3. The van der Waals surface area contributed by atoms with Crippen molar-refractivity contribution >= 4 is 34.9 Å². The van der Waals surface area contributed by atoms with Crippen LogP contribution in [0.15, 0.2) is 36.4 Å². The Kier molecular flexibility index (Phi) is 7.49. The molecule has 0 aromatic heterocycles. The molecule has 4 rings (SSSR count). The van der Waals surface area contributed by atoms with Crippen molar-refractivity contribution < 1.29 is 9.53 Å². The van der Waals surface area contributed by atoms with E-state index in [1.54, 1.807) is 4.90 Å². The van der Waals surface area contributed by atoms with Gasteiger partial charge in [-0.25, -0.2) is 4.79 Å². The van der Waals surface area contributed by atoms with E-state index in [-0.39, 0.29) is 12.1 Å². The molecule has 7 heteroatoms. The molecule has 5 nitrogen and oxygen atoms in total. The van der Waals surface area contributed by atoms with Crippen molar-refractivity contribution in [3.8, 4) is 5.75 Å². The fourth-order valence-corrected chi connectivity index (χ4v) is 4.88. The number of rotatable bonds is 7. The van der Waals surface area contributed by atoms with Crippen LogP contribution in [0.1, 0.15) is 36.8 Å². The summed E-state index contributed by atoms with van der Waals surface area (Å²) in [7, 11) is 1.82. The van der Waals surface area contributed by atoms with Crippen molar-refractivity contribution in [2.45, 2.75) is 45.3 Å². The normalized spacial score (nSPS) is 20.6. The lowest BCUT2D eigenvalue weighted by molar-refractivity contribution is 0.0532. The average molecular weight is 476 g/mol. The van der Waals surface area contributed by atoms with E-state index >= 15 is 0 Å². The first-order valence-electron chi connectivity index (χ1n) is 11.3. The molecule has 2 aromatic rings. The van der Waals surface area contributed by atoms with Gasteiger partial charge in [0.25, 0.3) is 0 Å². The summed E-state index contributed by atoms with van der Waals surface area (Å²) in [5, 5.41) is 4.33. The molecule has 2 aromatic carbocycles. The fourth-order valence-electron chi connectivity index (χ4n) is 4.47. The van der Waals surface area contributed by atoms with Crippen LogP contribution in [0.4, 0.5) is 10.5 Å². The Hall–Kier alpha value is -1.95. The van der Waals surface area contributed by atoms with Crippen molar-refractivity contribution in [2.24, 2.45) is 5.92 Å². The molecule has 0 radical (unpaired) electrons. The standard InChI is InChI=1S/C25H31Cl2N3O2/c1-17-21(26)8-6-9-22(17)28-25(31)29(2)15-18-13-20(14-18)32-23-10-5-7-19(24(23)27)16-30-11-3-4-12-30/h5-10,18,20H,3-4,11-16H2,1-2H3,(H,28,31). The van der Waals surface area contributed by atoms with Gasteiger partial charge in [0, 0.05) is 30.8 Å². The highest BCUT2D eigenvalue weighted by molar-refractivity contribution is 6.32. The molecule has 2 aliphatic rings. The van der Waals surface area contributed by atoms with Crippen LogP contribution in [0.3, 0.4) is 0 Å². The van der Waals surface area contributed by atoms with Crippen LogP contribution in [-0.2, 0) is 6.54 Å². The third-order valence-electron chi connectivity index (χ3n) is 6.51. The molecular weight excluding hydrogens is 445 g/mol. The SMILES string of the molecule is Cc1c(Cl)cccc1NC(=O)N(C)CC1CC(Oc2cccc(CN3CCCC3)c2Cl)C1. The number of nitrogens with one attached hydrogen (secondary N) is 1. The largest absolute Gasteiger partial charge is 0.489 e. The number of nitrogens with zero attached hydrogens (tertiary/aromatic N) is 2. The van der Waals surface area contributed by atoms with Gasteiger partial charge in [-0.3, -0.25) is 4.90 Å². The Labute approximate surface area is 200 Å². The molecule has 0 unspecified atom stereocenters. The Morgan fingerprint density at radius 1 is 1.16 bits per heavy atom. The van der Waals surface area contributed by atoms with Crippen molar-refractivity contribution in [1.29, 1.82) is 0 Å². The number of carbonyl (C=O) groups excluding carboxylic acids is 1. The highest BCUT2D eigenvalue weighted by Crippen LogP contribution is 2.36. The Balaban J connectivity index is 1.24. The summed E-state index contributed by atoms with van der Waals surface area (Å²) >= 11 is 12.8. The minimum Gasteiger partial charge on any atom is -0.489 e. The van der Waals surface area contributed by atoms with Gasteiger partial charge in [-0.05, 0) is 80.9 Å². The molecule has 1 saturated heterocycles. The van der Waals surface area contributed by atoms with Crippen LogP contribution in [0, 0.1) is 12.8 Å². The van der Waals surface area contributed by atoms with Gasteiger partial charge in [-0.1, -0.05) is 41.4 Å². The maximum Gasteiger partial charge on any atom is 0.321 e. The molecule has 1 heterocycles. The molecule has 1 saturated carbocycles. The third-order valence-corrected chi connectivity index (χ3v) is 7.35. The second-order valence-electron chi connectivity index (χ2n) is 9.01. The summed E-state index contributed by atoms with van der Waals surface area (Å²) in [6, 6.07) is 11.5. The number of urea groups is 1. The third kappa shape index (κ3) is 5.51. The number of likely N-dealkylation sites (tertiary alicyclic amines) is 1. The predicted octanol–water partition coefficient (Wildman–Crippen LogP) is 6.22. The van der Waals surface area contributed by atoms with Gasteiger partial charge in [0.2, 0.25) is 0 Å². The number of carbonyl (C=O) groups is 1. The van der Waals surface area contributed by atoms with Crippen LogP contribution in [-0.4, -0.2) is 48.6 Å². The van der Waals surface area contributed by atoms with Crippen molar-refractivity contribution in [2.75, 3.05) is 32.0 Å². The maximum absolute atomic E-state index is 12.6. The summed E-state index contributed by atoms with van der Waals surface area (Å²) < 4.78 is 6.20. The highest BCUT2D eigenvalue weighted by Gasteiger charge is 2.33. The van der Waals surface area contributed by atoms with Gasteiger partial charge in [0.05, 0.1) is 11.1 Å². The summed E-state index contributed by atoms with van der Waals surface area (Å²) in [6.45, 7) is 5.76. The minimum absolute atomic E-state index is 0.127. The molecule has 1 aliphatic heterocycles. The van der Waals surface area contributed by atoms with Crippen LogP contribution >= 0.6 is 23.2 Å². The number of ether oxygens (including phenoxy) is 1. The van der Waals surface area contributed by atoms with E-state index in [9.17, 15) is 4.79 Å². The smallest absolute Gasteiger partial charge is 0.321 e. The van der Waals surface area contributed by atoms with E-state index in [0.29, 0.717) is 17.5 Å². The van der Waals surface area contributed by atoms with Gasteiger partial charge in [-0.15, -0.1) is 0 Å². The second-order valence-corrected chi connectivity index (χ2v) is 9.80. The molecule has 172 valence electrons. The lowest BCUT2D eigenvalue weighted by Crippen LogP contribution is -2.43. The molecular formula is C25H31Cl2N3O2. The minimum atomic E-state index is -0.127. The van der Waals surface area contributed by atoms with Crippen molar-refractivity contribution in [3.05, 3.63) is 57.6 Å². The van der Waals surface area contributed by atoms with E-state index in [2.05, 4.69) is 16.3 Å². The van der Waals surface area contributed by atoms with Crippen LogP contribution in [0.5, 0.6) is 5.75 Å². The monoisotopic (exact) mass is 475 g/mol. The maximum atomic E-state index is 12.6. The quantitative estimate of drug-likeness (QED) is 0.516. The molecule has 1 N–H and O–H groups in total. The molecule has 0 spiro atoms. The Morgan fingerprint density at radius 2 is 1.88 bits per heavy atom. The van der Waals surface area contributed by atoms with E-state index in [1.165, 1.54) is 12.8 Å². The first kappa shape index (κ1) is 23.2. The lowest BCUT2D eigenvalue weighted by Gasteiger charge is -2.37. The predicted molar refractivity (Wildman–Crippen MR) is 131 cm³/mol. The van der Waals surface area contributed by atoms with Gasteiger partial charge in [0.15, 0.2) is 0 Å². The lowest BCUT2D eigenvalue weighted by atomic mass is 9.82.